The summed E-state index contributed by atoms with van der Waals surface area (Å²) < 4.78 is 5.66. The van der Waals surface area contributed by atoms with Gasteiger partial charge in [0.1, 0.15) is 0 Å². The van der Waals surface area contributed by atoms with Crippen LogP contribution in [0.3, 0.4) is 0 Å². The lowest BCUT2D eigenvalue weighted by Gasteiger charge is -2.22. The van der Waals surface area contributed by atoms with Gasteiger partial charge in [0.15, 0.2) is 10.1 Å². The summed E-state index contributed by atoms with van der Waals surface area (Å²) in [7, 11) is 0. The summed E-state index contributed by atoms with van der Waals surface area (Å²) in [6, 6.07) is 11.3. The van der Waals surface area contributed by atoms with E-state index in [4.69, 9.17) is 4.42 Å². The van der Waals surface area contributed by atoms with Crippen molar-refractivity contribution in [2.45, 2.75) is 23.7 Å². The molecule has 0 bridgehead atoms. The van der Waals surface area contributed by atoms with E-state index in [0.29, 0.717) is 9.47 Å². The molecule has 27 heavy (non-hydrogen) atoms. The van der Waals surface area contributed by atoms with Gasteiger partial charge in [-0.05, 0) is 37.1 Å². The summed E-state index contributed by atoms with van der Waals surface area (Å²) in [5.74, 6) is 0.121. The van der Waals surface area contributed by atoms with Crippen LogP contribution in [-0.2, 0) is 11.2 Å². The summed E-state index contributed by atoms with van der Waals surface area (Å²) >= 11 is 2.54. The normalized spacial score (nSPS) is 15.6. The first kappa shape index (κ1) is 17.7. The molecule has 7 nitrogen and oxygen atoms in total. The third-order valence-corrected chi connectivity index (χ3v) is 6.12. The van der Waals surface area contributed by atoms with Gasteiger partial charge in [-0.15, -0.1) is 10.2 Å². The molecule has 2 aromatic heterocycles. The highest BCUT2D eigenvalue weighted by Gasteiger charge is 2.30. The topological polar surface area (TPSA) is 88.3 Å². The lowest BCUT2D eigenvalue weighted by atomic mass is 10.1. The Balaban J connectivity index is 1.36. The number of benzene rings is 1. The van der Waals surface area contributed by atoms with Crippen LogP contribution < -0.4 is 10.2 Å². The van der Waals surface area contributed by atoms with Crippen LogP contribution in [0.5, 0.6) is 0 Å². The molecule has 3 aromatic rings. The molecule has 0 saturated carbocycles. The summed E-state index contributed by atoms with van der Waals surface area (Å²) in [6.07, 6.45) is 2.30. The molecule has 138 valence electrons. The van der Waals surface area contributed by atoms with E-state index < -0.39 is 0 Å². The van der Waals surface area contributed by atoms with Crippen molar-refractivity contribution in [2.75, 3.05) is 16.0 Å². The third kappa shape index (κ3) is 3.74. The van der Waals surface area contributed by atoms with E-state index in [0.717, 1.165) is 12.1 Å². The number of nitrogens with one attached hydrogen (secondary N) is 1. The molecule has 3 heterocycles. The Kier molecular flexibility index (Phi) is 4.95. The fourth-order valence-electron chi connectivity index (χ4n) is 3.02. The van der Waals surface area contributed by atoms with Crippen molar-refractivity contribution in [1.29, 1.82) is 0 Å². The molecule has 0 unspecified atom stereocenters. The van der Waals surface area contributed by atoms with E-state index in [1.54, 1.807) is 12.1 Å². The molecule has 0 radical (unpaired) electrons. The summed E-state index contributed by atoms with van der Waals surface area (Å²) in [5.41, 5.74) is 2.18. The fourth-order valence-corrected chi connectivity index (χ4v) is 4.63. The zero-order valence-corrected chi connectivity index (χ0v) is 16.0. The van der Waals surface area contributed by atoms with Gasteiger partial charge in [-0.3, -0.25) is 14.9 Å². The Hall–Kier alpha value is -2.65. The summed E-state index contributed by atoms with van der Waals surface area (Å²) in [4.78, 5) is 26.5. The second-order valence-electron chi connectivity index (χ2n) is 6.04. The second-order valence-corrected chi connectivity index (χ2v) is 8.24. The van der Waals surface area contributed by atoms with Crippen LogP contribution in [0.1, 0.15) is 23.0 Å². The number of nitrogens with zero attached hydrogens (tertiary/aromatic N) is 3. The molecule has 0 spiro atoms. The summed E-state index contributed by atoms with van der Waals surface area (Å²) in [6.45, 7) is 2.05. The Labute approximate surface area is 163 Å². The van der Waals surface area contributed by atoms with Gasteiger partial charge >= 0.3 is 0 Å². The fraction of sp³-hybridized carbons (Fsp3) is 0.222. The maximum atomic E-state index is 12.7. The smallest absolute Gasteiger partial charge is 0.293 e. The number of carbonyl (C=O) groups excluding carboxylic acids is 2. The Morgan fingerprint density at radius 1 is 1.30 bits per heavy atom. The van der Waals surface area contributed by atoms with Crippen molar-refractivity contribution in [3.05, 3.63) is 54.0 Å². The van der Waals surface area contributed by atoms with Crippen LogP contribution in [0.4, 0.5) is 10.8 Å². The molecule has 1 N–H and O–H groups in total. The molecule has 9 heteroatoms. The maximum Gasteiger partial charge on any atom is 0.293 e. The van der Waals surface area contributed by atoms with E-state index in [1.807, 2.05) is 23.1 Å². The standard InChI is InChI=1S/C18H16N4O3S2/c1-11-9-12-5-2-3-6-13(12)22(11)15(23)10-26-18-21-20-17(27-18)19-16(24)14-7-4-8-25-14/h2-8,11H,9-10H2,1H3,(H,19,20,24)/t11-/m1/s1. The van der Waals surface area contributed by atoms with Gasteiger partial charge in [0.25, 0.3) is 5.91 Å². The van der Waals surface area contributed by atoms with Crippen LogP contribution in [0, 0.1) is 0 Å². The highest BCUT2D eigenvalue weighted by Crippen LogP contribution is 2.33. The average Bonchev–Trinajstić information content (AvgIpc) is 3.39. The van der Waals surface area contributed by atoms with Gasteiger partial charge < -0.3 is 9.32 Å². The highest BCUT2D eigenvalue weighted by molar-refractivity contribution is 8.01. The minimum atomic E-state index is -0.383. The molecule has 1 aliphatic heterocycles. The Bertz CT molecular complexity index is 971. The van der Waals surface area contributed by atoms with Gasteiger partial charge in [0.2, 0.25) is 11.0 Å². The van der Waals surface area contributed by atoms with E-state index in [9.17, 15) is 9.59 Å². The number of furan rings is 1. The van der Waals surface area contributed by atoms with E-state index >= 15 is 0 Å². The van der Waals surface area contributed by atoms with Gasteiger partial charge in [-0.25, -0.2) is 0 Å². The Morgan fingerprint density at radius 3 is 2.96 bits per heavy atom. The lowest BCUT2D eigenvalue weighted by molar-refractivity contribution is -0.116. The minimum Gasteiger partial charge on any atom is -0.459 e. The predicted octanol–water partition coefficient (Wildman–Crippen LogP) is 3.45. The van der Waals surface area contributed by atoms with Crippen LogP contribution in [-0.4, -0.2) is 33.8 Å². The van der Waals surface area contributed by atoms with Gasteiger partial charge in [0, 0.05) is 11.7 Å². The molecule has 4 rings (SSSR count). The van der Waals surface area contributed by atoms with Crippen molar-refractivity contribution in [1.82, 2.24) is 10.2 Å². The van der Waals surface area contributed by atoms with Gasteiger partial charge in [-0.1, -0.05) is 41.3 Å². The minimum absolute atomic E-state index is 0.0359. The average molecular weight is 400 g/mol. The molecular weight excluding hydrogens is 384 g/mol. The quantitative estimate of drug-likeness (QED) is 0.521. The van der Waals surface area contributed by atoms with Gasteiger partial charge in [-0.2, -0.15) is 0 Å². The number of aromatic nitrogens is 2. The van der Waals surface area contributed by atoms with E-state index in [1.165, 1.54) is 34.9 Å². The van der Waals surface area contributed by atoms with Crippen molar-refractivity contribution < 1.29 is 14.0 Å². The van der Waals surface area contributed by atoms with Crippen molar-refractivity contribution in [3.8, 4) is 0 Å². The Morgan fingerprint density at radius 2 is 2.15 bits per heavy atom. The van der Waals surface area contributed by atoms with E-state index in [-0.39, 0.29) is 29.4 Å². The van der Waals surface area contributed by atoms with Crippen molar-refractivity contribution in [3.63, 3.8) is 0 Å². The number of thioether (sulfide) groups is 1. The van der Waals surface area contributed by atoms with Crippen molar-refractivity contribution >= 4 is 45.7 Å². The number of rotatable bonds is 5. The number of carbonyl (C=O) groups is 2. The molecule has 0 aliphatic carbocycles. The van der Waals surface area contributed by atoms with Gasteiger partial charge in [0.05, 0.1) is 12.0 Å². The molecule has 1 atom stereocenters. The molecule has 1 aromatic carbocycles. The highest BCUT2D eigenvalue weighted by atomic mass is 32.2. The maximum absolute atomic E-state index is 12.7. The summed E-state index contributed by atoms with van der Waals surface area (Å²) in [5, 5.41) is 11.0. The van der Waals surface area contributed by atoms with E-state index in [2.05, 4.69) is 28.5 Å². The number of para-hydroxylation sites is 1. The molecule has 2 amide bonds. The van der Waals surface area contributed by atoms with Crippen LogP contribution in [0.25, 0.3) is 0 Å². The van der Waals surface area contributed by atoms with Crippen LogP contribution in [0.15, 0.2) is 51.4 Å². The second kappa shape index (κ2) is 7.53. The predicted molar refractivity (Wildman–Crippen MR) is 104 cm³/mol. The monoisotopic (exact) mass is 400 g/mol. The SMILES string of the molecule is C[C@@H]1Cc2ccccc2N1C(=O)CSc1nnc(NC(=O)c2ccco2)s1. The largest absolute Gasteiger partial charge is 0.459 e. The number of hydrogen-bond donors (Lipinski definition) is 1. The molecule has 0 fully saturated rings. The first-order chi connectivity index (χ1) is 13.1. The molecule has 1 aliphatic rings. The first-order valence-corrected chi connectivity index (χ1v) is 10.1. The third-order valence-electron chi connectivity index (χ3n) is 4.17. The number of hydrogen-bond acceptors (Lipinski definition) is 7. The van der Waals surface area contributed by atoms with Crippen LogP contribution >= 0.6 is 23.1 Å². The zero-order valence-electron chi connectivity index (χ0n) is 14.4. The number of anilines is 2. The first-order valence-electron chi connectivity index (χ1n) is 8.33. The number of amides is 2. The zero-order chi connectivity index (χ0) is 18.8. The van der Waals surface area contributed by atoms with Crippen molar-refractivity contribution in [2.24, 2.45) is 0 Å². The number of fused-ring (bicyclic) bond motifs is 1. The lowest BCUT2D eigenvalue weighted by Crippen LogP contribution is -2.36. The van der Waals surface area contributed by atoms with Crippen LogP contribution in [0.2, 0.25) is 0 Å². The molecule has 0 saturated heterocycles. The molecular formula is C18H16N4O3S2.